The van der Waals surface area contributed by atoms with Gasteiger partial charge in [0.15, 0.2) is 0 Å². The van der Waals surface area contributed by atoms with Crippen LogP contribution in [0.3, 0.4) is 0 Å². The van der Waals surface area contributed by atoms with Crippen LogP contribution in [0, 0.1) is 0 Å². The Morgan fingerprint density at radius 1 is 0.615 bits per heavy atom. The van der Waals surface area contributed by atoms with E-state index in [1.165, 1.54) is 66.8 Å². The Morgan fingerprint density at radius 3 is 1.56 bits per heavy atom. The third-order valence-corrected chi connectivity index (χ3v) is 58.9. The van der Waals surface area contributed by atoms with Gasteiger partial charge in [0.05, 0.1) is 0 Å². The van der Waals surface area contributed by atoms with Crippen molar-refractivity contribution in [2.75, 3.05) is 7.11 Å². The molecule has 2 aliphatic carbocycles. The van der Waals surface area contributed by atoms with Crippen LogP contribution < -0.4 is 4.74 Å². The van der Waals surface area contributed by atoms with Gasteiger partial charge in [0.1, 0.15) is 0 Å². The van der Waals surface area contributed by atoms with Crippen LogP contribution in [0.25, 0.3) is 34.4 Å². The molecule has 0 radical (unpaired) electrons. The van der Waals surface area contributed by atoms with Gasteiger partial charge in [-0.25, -0.2) is 0 Å². The average molecular weight is 829 g/mol. The van der Waals surface area contributed by atoms with Crippen molar-refractivity contribution in [3.8, 4) is 28.0 Å². The zero-order valence-electron chi connectivity index (χ0n) is 33.9. The Hall–Kier alpha value is -2.16. The Balaban J connectivity index is 1.60. The maximum absolute atomic E-state index is 8.67. The van der Waals surface area contributed by atoms with Gasteiger partial charge in [-0.3, -0.25) is 0 Å². The minimum atomic E-state index is -4.96. The summed E-state index contributed by atoms with van der Waals surface area (Å²) in [6.45, 7) is 29.8. The van der Waals surface area contributed by atoms with Gasteiger partial charge in [-0.2, -0.15) is 0 Å². The Labute approximate surface area is 322 Å². The van der Waals surface area contributed by atoms with E-state index in [0.29, 0.717) is 0 Å². The summed E-state index contributed by atoms with van der Waals surface area (Å²) >= 11 is -4.96. The molecule has 6 rings (SSSR count). The molecule has 1 nitrogen and oxygen atoms in total. The fourth-order valence-electron chi connectivity index (χ4n) is 8.95. The third kappa shape index (κ3) is 6.42. The number of methoxy groups -OCH3 is 1. The first-order chi connectivity index (χ1) is 24.0. The van der Waals surface area contributed by atoms with Crippen molar-refractivity contribution in [1.82, 2.24) is 0 Å². The van der Waals surface area contributed by atoms with Gasteiger partial charge >= 0.3 is 325 Å². The molecule has 0 heterocycles. The van der Waals surface area contributed by atoms with Crippen molar-refractivity contribution in [3.63, 3.8) is 0 Å². The van der Waals surface area contributed by atoms with E-state index in [1.807, 2.05) is 7.11 Å². The van der Waals surface area contributed by atoms with Gasteiger partial charge < -0.3 is 0 Å². The summed E-state index contributed by atoms with van der Waals surface area (Å²) in [5.74, 6) is 0.946. The summed E-state index contributed by atoms with van der Waals surface area (Å²) in [7, 11) is 19.2. The van der Waals surface area contributed by atoms with Crippen LogP contribution in [0.5, 0.6) is 5.75 Å². The zero-order valence-corrected chi connectivity index (χ0v) is 38.9. The first-order valence-corrected chi connectivity index (χ1v) is 34.2. The molecule has 2 aliphatic rings. The number of fused-ring (bicyclic) bond motifs is 2. The van der Waals surface area contributed by atoms with Gasteiger partial charge in [-0.15, -0.1) is 0 Å². The Kier molecular flexibility index (Phi) is 10.1. The van der Waals surface area contributed by atoms with Crippen LogP contribution in [0.1, 0.15) is 122 Å². The second kappa shape index (κ2) is 13.3. The van der Waals surface area contributed by atoms with Crippen LogP contribution in [-0.4, -0.2) is 12.5 Å². The van der Waals surface area contributed by atoms with E-state index in [9.17, 15) is 0 Å². The predicted molar refractivity (Wildman–Crippen MR) is 228 cm³/mol. The van der Waals surface area contributed by atoms with Crippen molar-refractivity contribution in [2.24, 2.45) is 0 Å². The van der Waals surface area contributed by atoms with Crippen molar-refractivity contribution in [2.45, 2.75) is 113 Å². The molecule has 0 bridgehead atoms. The summed E-state index contributed by atoms with van der Waals surface area (Å²) in [4.78, 5) is 0. The molecule has 274 valence electrons. The first-order valence-electron chi connectivity index (χ1n) is 18.8. The molecule has 4 aromatic rings. The maximum atomic E-state index is 8.67. The SMILES string of the molecule is COc1c(C(C)(C)C)cc2c(c1-c1ccc(C(C)(C)C)cc1)C=C(C)[CH]2[Zr]([Cl])([Cl])([CH]1C(C)=Cc2c(-c3ccc(C(C)(C)C)cc3)cccc21)=[Si](C)C. The Bertz CT molecular complexity index is 2210. The number of rotatable bonds is 5. The standard InChI is InChI=1S/C25H31O.C20H21.C2H6Si.2ClH.Zr/c1-16-13-18-15-21(25(5,6)7)23(26-8)22(20(18)14-16)17-9-11-19(12-10-17)24(2,3)4;1-14-12-16-6-5-7-18(19(16)13-14)15-8-10-17(11-9-15)20(2,3)4;1-3-2;;;/h9-15H,1-8H3;5-13H,1-4H3;1-2H3;2*1H;/q;;;;;+2/p-2. The molecule has 0 fully saturated rings. The minimum absolute atomic E-state index is 0.0164. The molecule has 2 unspecified atom stereocenters. The number of allylic oxidation sites excluding steroid dienone is 2. The van der Waals surface area contributed by atoms with E-state index < -0.39 is 20.4 Å². The van der Waals surface area contributed by atoms with Crippen molar-refractivity contribution in [1.29, 1.82) is 0 Å². The van der Waals surface area contributed by atoms with E-state index in [0.717, 1.165) is 11.3 Å². The molecular weight excluding hydrogens is 771 g/mol. The molecule has 0 saturated heterocycles. The van der Waals surface area contributed by atoms with E-state index >= 15 is 0 Å². The molecule has 0 saturated carbocycles. The van der Waals surface area contributed by atoms with Gasteiger partial charge in [-0.1, -0.05) is 0 Å². The number of hydrogen-bond acceptors (Lipinski definition) is 1. The van der Waals surface area contributed by atoms with Crippen LogP contribution in [-0.2, 0) is 31.3 Å². The van der Waals surface area contributed by atoms with Crippen LogP contribution in [0.4, 0.5) is 0 Å². The Morgan fingerprint density at radius 2 is 1.10 bits per heavy atom. The fourth-order valence-corrected chi connectivity index (χ4v) is 39.3. The number of ether oxygens (including phenoxy) is 1. The molecule has 0 aliphatic heterocycles. The quantitative estimate of drug-likeness (QED) is 0.182. The normalized spacial score (nSPS) is 17.8. The van der Waals surface area contributed by atoms with E-state index in [1.54, 1.807) is 0 Å². The topological polar surface area (TPSA) is 9.23 Å². The zero-order chi connectivity index (χ0) is 38.4. The molecule has 2 atom stereocenters. The van der Waals surface area contributed by atoms with Crippen molar-refractivity contribution >= 4 is 34.6 Å². The summed E-state index contributed by atoms with van der Waals surface area (Å²) in [6, 6.07) is 27.5. The average Bonchev–Trinajstić information content (AvgIpc) is 3.59. The molecule has 0 N–H and O–H groups in total. The predicted octanol–water partition coefficient (Wildman–Crippen LogP) is 14.8. The second-order valence-corrected chi connectivity index (χ2v) is 57.6. The molecular formula is C47H58Cl2OSiZr. The van der Waals surface area contributed by atoms with Crippen molar-refractivity contribution in [3.05, 3.63) is 123 Å². The van der Waals surface area contributed by atoms with Gasteiger partial charge in [0.25, 0.3) is 0 Å². The molecule has 52 heavy (non-hydrogen) atoms. The van der Waals surface area contributed by atoms with Gasteiger partial charge in [0.2, 0.25) is 0 Å². The first kappa shape index (κ1) is 39.5. The molecule has 0 spiro atoms. The number of benzene rings is 4. The number of hydrogen-bond donors (Lipinski definition) is 0. The second-order valence-electron chi connectivity index (χ2n) is 18.8. The summed E-state index contributed by atoms with van der Waals surface area (Å²) < 4.78 is 6.38. The molecule has 0 aromatic heterocycles. The van der Waals surface area contributed by atoms with Crippen LogP contribution >= 0.6 is 17.0 Å². The van der Waals surface area contributed by atoms with Gasteiger partial charge in [-0.05, 0) is 0 Å². The van der Waals surface area contributed by atoms with E-state index in [-0.39, 0.29) is 23.5 Å². The van der Waals surface area contributed by atoms with Gasteiger partial charge in [0, 0.05) is 0 Å². The molecule has 4 aromatic carbocycles. The van der Waals surface area contributed by atoms with E-state index in [2.05, 4.69) is 174 Å². The number of halogens is 2. The summed E-state index contributed by atoms with van der Waals surface area (Å²) in [6.07, 6.45) is 4.80. The van der Waals surface area contributed by atoms with E-state index in [4.69, 9.17) is 21.8 Å². The fraction of sp³-hybridized carbons (Fsp3) is 0.404. The summed E-state index contributed by atoms with van der Waals surface area (Å²) in [5.41, 5.74) is 15.1. The van der Waals surface area contributed by atoms with Crippen molar-refractivity contribution < 1.29 is 19.7 Å². The van der Waals surface area contributed by atoms with Crippen LogP contribution in [0.2, 0.25) is 13.1 Å². The third-order valence-electron chi connectivity index (χ3n) is 11.9. The molecule has 5 heteroatoms. The summed E-state index contributed by atoms with van der Waals surface area (Å²) in [5, 5.41) is 0. The van der Waals surface area contributed by atoms with Crippen LogP contribution in [0.15, 0.2) is 83.9 Å². The monoisotopic (exact) mass is 826 g/mol. The molecule has 0 amide bonds.